The zero-order chi connectivity index (χ0) is 16.3. The summed E-state index contributed by atoms with van der Waals surface area (Å²) in [6, 6.07) is 7.87. The minimum absolute atomic E-state index is 0.00110. The molecule has 0 saturated carbocycles. The molecule has 2 aromatic rings. The monoisotopic (exact) mass is 341 g/mol. The minimum Gasteiger partial charge on any atom is -0.387 e. The van der Waals surface area contributed by atoms with Gasteiger partial charge in [-0.15, -0.1) is 11.3 Å². The molecule has 1 aromatic carbocycles. The van der Waals surface area contributed by atoms with Crippen molar-refractivity contribution in [1.82, 2.24) is 5.32 Å². The molecule has 118 valence electrons. The van der Waals surface area contributed by atoms with Crippen LogP contribution in [0.5, 0.6) is 0 Å². The van der Waals surface area contributed by atoms with Gasteiger partial charge in [-0.05, 0) is 43.0 Å². The summed E-state index contributed by atoms with van der Waals surface area (Å²) >= 11 is 7.11. The van der Waals surface area contributed by atoms with Crippen molar-refractivity contribution in [3.05, 3.63) is 57.0 Å². The first kappa shape index (κ1) is 16.9. The molecule has 2 rings (SSSR count). The summed E-state index contributed by atoms with van der Waals surface area (Å²) in [5, 5.41) is 14.7. The van der Waals surface area contributed by atoms with Crippen LogP contribution in [0.15, 0.2) is 35.7 Å². The summed E-state index contributed by atoms with van der Waals surface area (Å²) in [5.74, 6) is -0.785. The summed E-state index contributed by atoms with van der Waals surface area (Å²) in [6.45, 7) is 3.65. The number of aliphatic hydroxyl groups excluding tert-OH is 1. The number of nitrogens with one attached hydrogen (secondary N) is 1. The molecule has 0 fully saturated rings. The fourth-order valence-electron chi connectivity index (χ4n) is 1.99. The van der Waals surface area contributed by atoms with E-state index in [1.54, 1.807) is 0 Å². The Kier molecular flexibility index (Phi) is 5.21. The first-order chi connectivity index (χ1) is 10.3. The fourth-order valence-corrected chi connectivity index (χ4v) is 2.96. The fraction of sp³-hybridized carbons (Fsp3) is 0.312. The Bertz CT molecular complexity index is 658. The van der Waals surface area contributed by atoms with Gasteiger partial charge in [0.1, 0.15) is 5.82 Å². The molecular formula is C16H17ClFNO2S. The van der Waals surface area contributed by atoms with Crippen molar-refractivity contribution in [2.24, 2.45) is 0 Å². The van der Waals surface area contributed by atoms with E-state index in [1.165, 1.54) is 29.5 Å². The van der Waals surface area contributed by atoms with Gasteiger partial charge in [0.25, 0.3) is 0 Å². The van der Waals surface area contributed by atoms with E-state index in [0.29, 0.717) is 5.56 Å². The van der Waals surface area contributed by atoms with E-state index in [-0.39, 0.29) is 17.5 Å². The lowest BCUT2D eigenvalue weighted by Gasteiger charge is -2.23. The van der Waals surface area contributed by atoms with E-state index in [9.17, 15) is 14.3 Å². The number of aliphatic hydroxyl groups is 1. The first-order valence-electron chi connectivity index (χ1n) is 6.77. The smallest absolute Gasteiger partial charge is 0.231 e. The maximum atomic E-state index is 13.4. The Morgan fingerprint density at radius 3 is 2.77 bits per heavy atom. The number of amides is 1. The highest BCUT2D eigenvalue weighted by atomic mass is 35.5. The van der Waals surface area contributed by atoms with Gasteiger partial charge in [0, 0.05) is 11.4 Å². The Labute approximate surface area is 137 Å². The Morgan fingerprint density at radius 2 is 2.18 bits per heavy atom. The van der Waals surface area contributed by atoms with E-state index in [4.69, 9.17) is 11.6 Å². The normalized spacial score (nSPS) is 13.0. The number of halogens is 2. The van der Waals surface area contributed by atoms with Gasteiger partial charge in [-0.2, -0.15) is 0 Å². The summed E-state index contributed by atoms with van der Waals surface area (Å²) in [5.41, 5.74) is -0.310. The Balaban J connectivity index is 2.00. The number of benzene rings is 1. The van der Waals surface area contributed by atoms with Crippen LogP contribution in [0, 0.1) is 5.82 Å². The van der Waals surface area contributed by atoms with Crippen molar-refractivity contribution in [3.8, 4) is 0 Å². The van der Waals surface area contributed by atoms with E-state index >= 15 is 0 Å². The molecule has 1 aromatic heterocycles. The third-order valence-corrected chi connectivity index (χ3v) is 4.99. The van der Waals surface area contributed by atoms with Crippen LogP contribution in [0.4, 0.5) is 4.39 Å². The molecule has 0 spiro atoms. The summed E-state index contributed by atoms with van der Waals surface area (Å²) < 4.78 is 13.4. The van der Waals surface area contributed by atoms with Crippen molar-refractivity contribution >= 4 is 28.8 Å². The predicted molar refractivity (Wildman–Crippen MR) is 86.7 cm³/mol. The first-order valence-corrected chi connectivity index (χ1v) is 8.03. The molecular weight excluding hydrogens is 325 g/mol. The van der Waals surface area contributed by atoms with Crippen molar-refractivity contribution in [2.75, 3.05) is 6.54 Å². The molecule has 0 aliphatic carbocycles. The molecule has 2 N–H and O–H groups in total. The average molecular weight is 342 g/mol. The highest BCUT2D eigenvalue weighted by Crippen LogP contribution is 2.28. The van der Waals surface area contributed by atoms with E-state index < -0.39 is 17.3 Å². The van der Waals surface area contributed by atoms with Gasteiger partial charge in [-0.25, -0.2) is 4.39 Å². The molecule has 0 bridgehead atoms. The molecule has 6 heteroatoms. The highest BCUT2D eigenvalue weighted by molar-refractivity contribution is 7.10. The van der Waals surface area contributed by atoms with Gasteiger partial charge in [-0.1, -0.05) is 23.7 Å². The molecule has 0 aliphatic rings. The topological polar surface area (TPSA) is 49.3 Å². The van der Waals surface area contributed by atoms with Gasteiger partial charge < -0.3 is 10.4 Å². The van der Waals surface area contributed by atoms with Gasteiger partial charge in [-0.3, -0.25) is 4.79 Å². The van der Waals surface area contributed by atoms with Crippen LogP contribution in [-0.4, -0.2) is 17.6 Å². The SMILES string of the molecule is CC(C)(C(=O)NCC(O)c1ccc(Cl)c(F)c1)c1cccs1. The molecule has 1 unspecified atom stereocenters. The largest absolute Gasteiger partial charge is 0.387 e. The van der Waals surface area contributed by atoms with E-state index in [2.05, 4.69) is 5.32 Å². The number of carbonyl (C=O) groups is 1. The second-order valence-electron chi connectivity index (χ2n) is 5.50. The summed E-state index contributed by atoms with van der Waals surface area (Å²) in [4.78, 5) is 13.3. The quantitative estimate of drug-likeness (QED) is 0.871. The lowest BCUT2D eigenvalue weighted by Crippen LogP contribution is -2.41. The molecule has 0 radical (unpaired) electrons. The van der Waals surface area contributed by atoms with Crippen LogP contribution in [-0.2, 0) is 10.2 Å². The third-order valence-electron chi connectivity index (χ3n) is 3.49. The second-order valence-corrected chi connectivity index (χ2v) is 6.86. The van der Waals surface area contributed by atoms with Crippen LogP contribution >= 0.6 is 22.9 Å². The molecule has 1 heterocycles. The Morgan fingerprint density at radius 1 is 1.45 bits per heavy atom. The number of carbonyl (C=O) groups excluding carboxylic acids is 1. The molecule has 0 saturated heterocycles. The molecule has 22 heavy (non-hydrogen) atoms. The second kappa shape index (κ2) is 6.77. The maximum absolute atomic E-state index is 13.4. The van der Waals surface area contributed by atoms with Gasteiger partial charge in [0.05, 0.1) is 16.5 Å². The number of hydrogen-bond donors (Lipinski definition) is 2. The van der Waals surface area contributed by atoms with Crippen LogP contribution in [0.1, 0.15) is 30.4 Å². The molecule has 1 atom stereocenters. The number of rotatable bonds is 5. The Hall–Kier alpha value is -1.43. The van der Waals surface area contributed by atoms with Crippen molar-refractivity contribution in [3.63, 3.8) is 0 Å². The minimum atomic E-state index is -0.991. The van der Waals surface area contributed by atoms with Crippen LogP contribution < -0.4 is 5.32 Å². The molecule has 0 aliphatic heterocycles. The standard InChI is InChI=1S/C16H17ClFNO2S/c1-16(2,14-4-3-7-22-14)15(21)19-9-13(20)10-5-6-11(17)12(18)8-10/h3-8,13,20H,9H2,1-2H3,(H,19,21). The zero-order valence-corrected chi connectivity index (χ0v) is 13.8. The van der Waals surface area contributed by atoms with Gasteiger partial charge in [0.2, 0.25) is 5.91 Å². The third kappa shape index (κ3) is 3.66. The summed E-state index contributed by atoms with van der Waals surface area (Å²) in [7, 11) is 0. The zero-order valence-electron chi connectivity index (χ0n) is 12.3. The summed E-state index contributed by atoms with van der Waals surface area (Å²) in [6.07, 6.45) is -0.991. The van der Waals surface area contributed by atoms with Crippen LogP contribution in [0.25, 0.3) is 0 Å². The highest BCUT2D eigenvalue weighted by Gasteiger charge is 2.30. The molecule has 3 nitrogen and oxygen atoms in total. The van der Waals surface area contributed by atoms with Gasteiger partial charge in [0.15, 0.2) is 0 Å². The lowest BCUT2D eigenvalue weighted by atomic mass is 9.90. The molecule has 1 amide bonds. The van der Waals surface area contributed by atoms with E-state index in [0.717, 1.165) is 4.88 Å². The van der Waals surface area contributed by atoms with Crippen LogP contribution in [0.3, 0.4) is 0 Å². The number of thiophene rings is 1. The number of hydrogen-bond acceptors (Lipinski definition) is 3. The van der Waals surface area contributed by atoms with E-state index in [1.807, 2.05) is 31.4 Å². The van der Waals surface area contributed by atoms with Crippen molar-refractivity contribution in [1.29, 1.82) is 0 Å². The van der Waals surface area contributed by atoms with Crippen molar-refractivity contribution in [2.45, 2.75) is 25.4 Å². The van der Waals surface area contributed by atoms with Gasteiger partial charge >= 0.3 is 0 Å². The average Bonchev–Trinajstić information content (AvgIpc) is 3.02. The van der Waals surface area contributed by atoms with Crippen LogP contribution in [0.2, 0.25) is 5.02 Å². The predicted octanol–water partition coefficient (Wildman–Crippen LogP) is 3.67. The lowest BCUT2D eigenvalue weighted by molar-refractivity contribution is -0.126. The maximum Gasteiger partial charge on any atom is 0.231 e. The van der Waals surface area contributed by atoms with Crippen molar-refractivity contribution < 1.29 is 14.3 Å².